The fourth-order valence-corrected chi connectivity index (χ4v) is 5.51. The summed E-state index contributed by atoms with van der Waals surface area (Å²) >= 11 is -0.727. The average Bonchev–Trinajstić information content (AvgIpc) is 3.03. The Kier molecular flexibility index (Phi) is 5.47. The number of hydrogen-bond donors (Lipinski definition) is 3. The normalized spacial score (nSPS) is 14.3. The van der Waals surface area contributed by atoms with Crippen LogP contribution in [0, 0.1) is 6.92 Å². The molecule has 0 aliphatic carbocycles. The van der Waals surface area contributed by atoms with Crippen LogP contribution in [-0.2, 0) is 11.2 Å². The van der Waals surface area contributed by atoms with Crippen molar-refractivity contribution in [3.63, 3.8) is 0 Å². The fourth-order valence-electron chi connectivity index (χ4n) is 3.41. The third kappa shape index (κ3) is 4.17. The number of amides is 2. The van der Waals surface area contributed by atoms with Crippen molar-refractivity contribution in [2.75, 3.05) is 5.32 Å². The van der Waals surface area contributed by atoms with E-state index in [9.17, 15) is 14.7 Å². The van der Waals surface area contributed by atoms with E-state index < -0.39 is 21.7 Å². The van der Waals surface area contributed by atoms with Gasteiger partial charge in [0.25, 0.3) is 0 Å². The summed E-state index contributed by atoms with van der Waals surface area (Å²) in [5, 5.41) is 12.8. The number of carbonyl (C=O) groups is 2. The number of anilines is 1. The third-order valence-electron chi connectivity index (χ3n) is 5.08. The number of aromatic hydroxyl groups is 1. The summed E-state index contributed by atoms with van der Waals surface area (Å²) in [6.45, 7) is 1.86. The summed E-state index contributed by atoms with van der Waals surface area (Å²) < 4.78 is 1.06. The van der Waals surface area contributed by atoms with Gasteiger partial charge in [0, 0.05) is 0 Å². The third-order valence-corrected chi connectivity index (χ3v) is 7.34. The molecule has 1 aliphatic rings. The quantitative estimate of drug-likeness (QED) is 0.404. The van der Waals surface area contributed by atoms with E-state index in [0.29, 0.717) is 17.6 Å². The molecule has 0 fully saturated rings. The van der Waals surface area contributed by atoms with Gasteiger partial charge in [0.05, 0.1) is 0 Å². The van der Waals surface area contributed by atoms with Crippen molar-refractivity contribution in [3.8, 4) is 5.75 Å². The first-order valence-corrected chi connectivity index (χ1v) is 11.8. The van der Waals surface area contributed by atoms with E-state index in [1.54, 1.807) is 18.2 Å². The Bertz CT molecular complexity index is 1200. The number of nitrogens with two attached hydrogens (primary N) is 1. The van der Waals surface area contributed by atoms with E-state index in [1.165, 1.54) is 0 Å². The number of aryl methyl sites for hydroxylation is 1. The van der Waals surface area contributed by atoms with E-state index in [1.807, 2.05) is 54.3 Å². The van der Waals surface area contributed by atoms with Crippen LogP contribution in [0.5, 0.6) is 5.75 Å². The second-order valence-corrected chi connectivity index (χ2v) is 9.70. The molecule has 3 aromatic carbocycles. The monoisotopic (exact) mass is 460 g/mol. The summed E-state index contributed by atoms with van der Waals surface area (Å²) in [4.78, 5) is 25.9. The minimum atomic E-state index is -0.727. The van der Waals surface area contributed by atoms with E-state index in [-0.39, 0.29) is 11.7 Å². The van der Waals surface area contributed by atoms with Crippen LogP contribution in [0.3, 0.4) is 0 Å². The van der Waals surface area contributed by atoms with Gasteiger partial charge in [-0.2, -0.15) is 0 Å². The number of benzene rings is 3. The summed E-state index contributed by atoms with van der Waals surface area (Å²) in [6, 6.07) is 18.9. The molecule has 0 bridgehead atoms. The summed E-state index contributed by atoms with van der Waals surface area (Å²) in [5.41, 5.74) is 11.1. The van der Waals surface area contributed by atoms with Gasteiger partial charge in [-0.05, 0) is 0 Å². The molecule has 150 valence electrons. The molecule has 0 saturated carbocycles. The minimum absolute atomic E-state index is 0.0991. The zero-order valence-corrected chi connectivity index (χ0v) is 18.5. The van der Waals surface area contributed by atoms with Gasteiger partial charge < -0.3 is 0 Å². The van der Waals surface area contributed by atoms with Crippen LogP contribution in [0.2, 0.25) is 0 Å². The Morgan fingerprint density at radius 2 is 1.90 bits per heavy atom. The number of phenols is 1. The molecule has 2 amide bonds. The zero-order valence-electron chi connectivity index (χ0n) is 16.4. The van der Waals surface area contributed by atoms with Crippen molar-refractivity contribution < 1.29 is 14.7 Å². The molecular weight excluding hydrogens is 439 g/mol. The van der Waals surface area contributed by atoms with Crippen LogP contribution in [0.25, 0.3) is 5.57 Å². The SMILES string of the molecule is Cc1ccc([AsH]C=C2C(=O)Nc3ccc(Cc4cccc(C(N)=O)c4)cc32)cc1O. The molecule has 30 heavy (non-hydrogen) atoms. The number of hydrogen-bond acceptors (Lipinski definition) is 3. The van der Waals surface area contributed by atoms with Crippen LogP contribution in [0.4, 0.5) is 5.69 Å². The van der Waals surface area contributed by atoms with Crippen LogP contribution < -0.4 is 15.4 Å². The number of fused-ring (bicyclic) bond motifs is 1. The van der Waals surface area contributed by atoms with Gasteiger partial charge >= 0.3 is 181 Å². The number of nitrogens with one attached hydrogen (secondary N) is 1. The first-order valence-electron chi connectivity index (χ1n) is 9.50. The van der Waals surface area contributed by atoms with Crippen LogP contribution in [0.15, 0.2) is 65.5 Å². The van der Waals surface area contributed by atoms with Crippen molar-refractivity contribution in [3.05, 3.63) is 93.3 Å². The molecule has 0 saturated heterocycles. The second kappa shape index (κ2) is 8.21. The molecule has 1 aliphatic heterocycles. The van der Waals surface area contributed by atoms with E-state index in [0.717, 1.165) is 32.3 Å². The molecule has 5 nitrogen and oxygen atoms in total. The molecule has 0 aromatic heterocycles. The van der Waals surface area contributed by atoms with Crippen LogP contribution in [-0.4, -0.2) is 32.7 Å². The Morgan fingerprint density at radius 3 is 2.67 bits per heavy atom. The molecule has 6 heteroatoms. The molecule has 0 spiro atoms. The standard InChI is InChI=1S/C24H21AsN2O3/c1-14-5-7-18(12-22(14)28)25-13-20-19-11-16(6-8-21(19)27-24(20)30)9-15-3-2-4-17(10-15)23(26)29/h2-8,10-13,25,28H,9H2,1H3,(H2,26,29)(H,27,30). The zero-order chi connectivity index (χ0) is 21.3. The number of primary amides is 1. The average molecular weight is 460 g/mol. The summed E-state index contributed by atoms with van der Waals surface area (Å²) in [6.07, 6.45) is 0.637. The molecule has 0 radical (unpaired) electrons. The van der Waals surface area contributed by atoms with Crippen molar-refractivity contribution in [1.29, 1.82) is 0 Å². The Morgan fingerprint density at radius 1 is 1.10 bits per heavy atom. The molecule has 1 heterocycles. The maximum absolute atomic E-state index is 12.5. The molecule has 1 atom stereocenters. The number of carbonyl (C=O) groups excluding carboxylic acids is 2. The van der Waals surface area contributed by atoms with Gasteiger partial charge in [-0.15, -0.1) is 0 Å². The molecule has 3 aromatic rings. The topological polar surface area (TPSA) is 92.4 Å². The van der Waals surface area contributed by atoms with E-state index >= 15 is 0 Å². The van der Waals surface area contributed by atoms with Crippen LogP contribution in [0.1, 0.15) is 32.6 Å². The van der Waals surface area contributed by atoms with Gasteiger partial charge in [0.2, 0.25) is 0 Å². The molecule has 4 N–H and O–H groups in total. The van der Waals surface area contributed by atoms with Crippen molar-refractivity contribution >= 4 is 43.2 Å². The van der Waals surface area contributed by atoms with Gasteiger partial charge in [-0.1, -0.05) is 0 Å². The van der Waals surface area contributed by atoms with Gasteiger partial charge in [-0.3, -0.25) is 0 Å². The van der Waals surface area contributed by atoms with Crippen molar-refractivity contribution in [1.82, 2.24) is 0 Å². The van der Waals surface area contributed by atoms with E-state index in [2.05, 4.69) is 5.32 Å². The summed E-state index contributed by atoms with van der Waals surface area (Å²) in [7, 11) is 0. The molecule has 1 unspecified atom stereocenters. The summed E-state index contributed by atoms with van der Waals surface area (Å²) in [5.74, 6) is -0.262. The second-order valence-electron chi connectivity index (χ2n) is 7.28. The van der Waals surface area contributed by atoms with Gasteiger partial charge in [0.1, 0.15) is 0 Å². The van der Waals surface area contributed by atoms with Gasteiger partial charge in [-0.25, -0.2) is 0 Å². The van der Waals surface area contributed by atoms with Gasteiger partial charge in [0.15, 0.2) is 0 Å². The van der Waals surface area contributed by atoms with Crippen molar-refractivity contribution in [2.45, 2.75) is 13.3 Å². The molecule has 4 rings (SSSR count). The van der Waals surface area contributed by atoms with E-state index in [4.69, 9.17) is 5.73 Å². The first kappa shape index (κ1) is 20.0. The first-order chi connectivity index (χ1) is 14.4. The van der Waals surface area contributed by atoms with Crippen molar-refractivity contribution in [2.24, 2.45) is 5.73 Å². The fraction of sp³-hybridized carbons (Fsp3) is 0.0833. The Hall–Kier alpha value is -3.30. The number of phenolic OH excluding ortho intramolecular Hbond substituents is 1. The predicted molar refractivity (Wildman–Crippen MR) is 120 cm³/mol. The Balaban J connectivity index is 1.60. The maximum atomic E-state index is 12.5. The Labute approximate surface area is 181 Å². The van der Waals surface area contributed by atoms with Crippen LogP contribution >= 0.6 is 0 Å². The number of rotatable bonds is 5. The predicted octanol–water partition coefficient (Wildman–Crippen LogP) is 2.45. The molecular formula is C24H21AsN2O3.